The van der Waals surface area contributed by atoms with Crippen LogP contribution >= 0.6 is 11.6 Å². The van der Waals surface area contributed by atoms with E-state index in [1.54, 1.807) is 0 Å². The van der Waals surface area contributed by atoms with E-state index >= 15 is 0 Å². The van der Waals surface area contributed by atoms with Crippen LogP contribution in [0.2, 0.25) is 5.02 Å². The molecule has 1 unspecified atom stereocenters. The van der Waals surface area contributed by atoms with Crippen molar-refractivity contribution in [2.75, 3.05) is 18.0 Å². The number of anilines is 1. The van der Waals surface area contributed by atoms with Crippen LogP contribution in [0.25, 0.3) is 0 Å². The molecule has 0 aliphatic carbocycles. The Kier molecular flexibility index (Phi) is 4.39. The number of hydrogen-bond donors (Lipinski definition) is 2. The fourth-order valence-electron chi connectivity index (χ4n) is 2.21. The van der Waals surface area contributed by atoms with Gasteiger partial charge in [-0.1, -0.05) is 17.7 Å². The molecule has 0 spiro atoms. The number of β-amino-alcohol motifs (C(OH)–C–C–N with tert-alkyl or cyclic N) is 1. The fourth-order valence-corrected chi connectivity index (χ4v) is 2.45. The van der Waals surface area contributed by atoms with Gasteiger partial charge in [-0.3, -0.25) is 0 Å². The Labute approximate surface area is 120 Å². The highest BCUT2D eigenvalue weighted by atomic mass is 35.5. The summed E-state index contributed by atoms with van der Waals surface area (Å²) in [6.07, 6.45) is 0.631. The largest absolute Gasteiger partial charge is 0.391 e. The molecule has 0 amide bonds. The molecule has 1 aromatic carbocycles. The zero-order chi connectivity index (χ0) is 14.0. The minimum atomic E-state index is -0.207. The first kappa shape index (κ1) is 14.6. The standard InChI is InChI=1S/C15H23ClN2O/c1-15(2,3)17-9-11-4-5-12(8-14(11)16)18-7-6-13(19)10-18/h4-5,8,13,17,19H,6-7,9-10H2,1-3H3. The van der Waals surface area contributed by atoms with E-state index in [1.807, 2.05) is 6.07 Å². The first-order chi connectivity index (χ1) is 8.85. The van der Waals surface area contributed by atoms with Crippen LogP contribution in [0.15, 0.2) is 18.2 Å². The zero-order valence-electron chi connectivity index (χ0n) is 11.9. The van der Waals surface area contributed by atoms with Gasteiger partial charge in [-0.15, -0.1) is 0 Å². The molecule has 2 N–H and O–H groups in total. The van der Waals surface area contributed by atoms with E-state index in [0.29, 0.717) is 6.54 Å². The van der Waals surface area contributed by atoms with Crippen LogP contribution in [0.5, 0.6) is 0 Å². The molecule has 0 radical (unpaired) electrons. The third kappa shape index (κ3) is 4.10. The summed E-state index contributed by atoms with van der Waals surface area (Å²) in [6, 6.07) is 6.16. The highest BCUT2D eigenvalue weighted by molar-refractivity contribution is 6.31. The smallest absolute Gasteiger partial charge is 0.0731 e. The molecule has 1 atom stereocenters. The maximum Gasteiger partial charge on any atom is 0.0731 e. The molecule has 4 heteroatoms. The topological polar surface area (TPSA) is 35.5 Å². The summed E-state index contributed by atoms with van der Waals surface area (Å²) in [4.78, 5) is 2.18. The van der Waals surface area contributed by atoms with Crippen molar-refractivity contribution in [1.82, 2.24) is 5.32 Å². The molecule has 0 bridgehead atoms. The molecule has 1 aromatic rings. The number of aliphatic hydroxyl groups excluding tert-OH is 1. The van der Waals surface area contributed by atoms with E-state index in [1.165, 1.54) is 0 Å². The third-order valence-corrected chi connectivity index (χ3v) is 3.73. The lowest BCUT2D eigenvalue weighted by atomic mass is 10.1. The monoisotopic (exact) mass is 282 g/mol. The summed E-state index contributed by atoms with van der Waals surface area (Å²) in [5.41, 5.74) is 2.29. The van der Waals surface area contributed by atoms with Crippen molar-refractivity contribution in [3.05, 3.63) is 28.8 Å². The van der Waals surface area contributed by atoms with Crippen molar-refractivity contribution >= 4 is 17.3 Å². The average molecular weight is 283 g/mol. The third-order valence-electron chi connectivity index (χ3n) is 3.37. The molecule has 0 aromatic heterocycles. The van der Waals surface area contributed by atoms with Gasteiger partial charge in [-0.2, -0.15) is 0 Å². The summed E-state index contributed by atoms with van der Waals surface area (Å²) in [6.45, 7) is 8.79. The number of nitrogens with one attached hydrogen (secondary N) is 1. The minimum Gasteiger partial charge on any atom is -0.391 e. The van der Waals surface area contributed by atoms with Gasteiger partial charge >= 0.3 is 0 Å². The molecule has 1 aliphatic rings. The Morgan fingerprint density at radius 1 is 1.42 bits per heavy atom. The number of aliphatic hydroxyl groups is 1. The Balaban J connectivity index is 2.05. The SMILES string of the molecule is CC(C)(C)NCc1ccc(N2CCC(O)C2)cc1Cl. The van der Waals surface area contributed by atoms with Crippen LogP contribution in [0.3, 0.4) is 0 Å². The lowest BCUT2D eigenvalue weighted by Gasteiger charge is -2.22. The lowest BCUT2D eigenvalue weighted by Crippen LogP contribution is -2.35. The number of benzene rings is 1. The minimum absolute atomic E-state index is 0.0844. The van der Waals surface area contributed by atoms with E-state index in [9.17, 15) is 5.11 Å². The Hall–Kier alpha value is -0.770. The quantitative estimate of drug-likeness (QED) is 0.895. The highest BCUT2D eigenvalue weighted by Gasteiger charge is 2.21. The summed E-state index contributed by atoms with van der Waals surface area (Å²) >= 11 is 6.34. The predicted molar refractivity (Wildman–Crippen MR) is 80.9 cm³/mol. The van der Waals surface area contributed by atoms with Gasteiger partial charge in [0, 0.05) is 35.9 Å². The summed E-state index contributed by atoms with van der Waals surface area (Å²) in [5.74, 6) is 0. The van der Waals surface area contributed by atoms with Crippen molar-refractivity contribution in [3.8, 4) is 0 Å². The second kappa shape index (κ2) is 5.70. The Morgan fingerprint density at radius 3 is 2.68 bits per heavy atom. The van der Waals surface area contributed by atoms with E-state index in [4.69, 9.17) is 11.6 Å². The van der Waals surface area contributed by atoms with Crippen molar-refractivity contribution < 1.29 is 5.11 Å². The van der Waals surface area contributed by atoms with Crippen LogP contribution in [0, 0.1) is 0 Å². The first-order valence-electron chi connectivity index (χ1n) is 6.81. The highest BCUT2D eigenvalue weighted by Crippen LogP contribution is 2.26. The molecular weight excluding hydrogens is 260 g/mol. The average Bonchev–Trinajstić information content (AvgIpc) is 2.73. The van der Waals surface area contributed by atoms with E-state index in [2.05, 4.69) is 43.1 Å². The maximum absolute atomic E-state index is 9.57. The zero-order valence-corrected chi connectivity index (χ0v) is 12.7. The maximum atomic E-state index is 9.57. The molecular formula is C15H23ClN2O. The molecule has 106 valence electrons. The van der Waals surface area contributed by atoms with Crippen LogP contribution in [0.1, 0.15) is 32.8 Å². The van der Waals surface area contributed by atoms with Gasteiger partial charge in [-0.05, 0) is 44.9 Å². The van der Waals surface area contributed by atoms with Gasteiger partial charge in [0.25, 0.3) is 0 Å². The van der Waals surface area contributed by atoms with Crippen molar-refractivity contribution in [2.45, 2.75) is 45.4 Å². The van der Waals surface area contributed by atoms with Crippen LogP contribution < -0.4 is 10.2 Å². The number of nitrogens with zero attached hydrogens (tertiary/aromatic N) is 1. The summed E-state index contributed by atoms with van der Waals surface area (Å²) in [7, 11) is 0. The van der Waals surface area contributed by atoms with Crippen molar-refractivity contribution in [2.24, 2.45) is 0 Å². The predicted octanol–water partition coefficient (Wildman–Crippen LogP) is 2.80. The van der Waals surface area contributed by atoms with Gasteiger partial charge in [0.05, 0.1) is 6.10 Å². The van der Waals surface area contributed by atoms with Gasteiger partial charge in [0.1, 0.15) is 0 Å². The molecule has 1 aliphatic heterocycles. The van der Waals surface area contributed by atoms with E-state index in [-0.39, 0.29) is 11.6 Å². The van der Waals surface area contributed by atoms with Crippen molar-refractivity contribution in [3.63, 3.8) is 0 Å². The number of halogens is 1. The molecule has 3 nitrogen and oxygen atoms in total. The molecule has 19 heavy (non-hydrogen) atoms. The normalized spacial score (nSPS) is 20.1. The first-order valence-corrected chi connectivity index (χ1v) is 7.19. The fraction of sp³-hybridized carbons (Fsp3) is 0.600. The summed E-state index contributed by atoms with van der Waals surface area (Å²) in [5, 5.41) is 13.8. The molecule has 1 fully saturated rings. The summed E-state index contributed by atoms with van der Waals surface area (Å²) < 4.78 is 0. The van der Waals surface area contributed by atoms with Gasteiger partial charge in [-0.25, -0.2) is 0 Å². The molecule has 0 saturated carbocycles. The Morgan fingerprint density at radius 2 is 2.16 bits per heavy atom. The van der Waals surface area contributed by atoms with Gasteiger partial charge in [0.15, 0.2) is 0 Å². The Bertz CT molecular complexity index is 442. The molecule has 2 rings (SSSR count). The van der Waals surface area contributed by atoms with Crippen LogP contribution in [-0.2, 0) is 6.54 Å². The van der Waals surface area contributed by atoms with Gasteiger partial charge in [0.2, 0.25) is 0 Å². The van der Waals surface area contributed by atoms with Gasteiger partial charge < -0.3 is 15.3 Å². The second-order valence-electron chi connectivity index (χ2n) is 6.27. The second-order valence-corrected chi connectivity index (χ2v) is 6.67. The number of rotatable bonds is 3. The lowest BCUT2D eigenvalue weighted by molar-refractivity contribution is 0.198. The number of hydrogen-bond acceptors (Lipinski definition) is 3. The van der Waals surface area contributed by atoms with E-state index < -0.39 is 0 Å². The van der Waals surface area contributed by atoms with E-state index in [0.717, 1.165) is 35.8 Å². The van der Waals surface area contributed by atoms with Crippen LogP contribution in [0.4, 0.5) is 5.69 Å². The van der Waals surface area contributed by atoms with Crippen molar-refractivity contribution in [1.29, 1.82) is 0 Å². The van der Waals surface area contributed by atoms with Crippen LogP contribution in [-0.4, -0.2) is 29.8 Å². The molecule has 1 heterocycles. The molecule has 1 saturated heterocycles.